The van der Waals surface area contributed by atoms with Crippen molar-refractivity contribution in [1.82, 2.24) is 4.90 Å². The first-order valence-corrected chi connectivity index (χ1v) is 7.52. The molecule has 1 aromatic carbocycles. The van der Waals surface area contributed by atoms with Crippen molar-refractivity contribution in [2.75, 3.05) is 33.9 Å². The van der Waals surface area contributed by atoms with E-state index < -0.39 is 0 Å². The Labute approximate surface area is 143 Å². The van der Waals surface area contributed by atoms with Crippen LogP contribution >= 0.6 is 12.4 Å². The molecular formula is C16H25ClN2O4. The molecule has 130 valence electrons. The molecule has 1 aliphatic heterocycles. The van der Waals surface area contributed by atoms with Gasteiger partial charge in [-0.25, -0.2) is 0 Å². The van der Waals surface area contributed by atoms with Crippen LogP contribution in [0.3, 0.4) is 0 Å². The number of carbonyl (C=O) groups is 1. The van der Waals surface area contributed by atoms with Gasteiger partial charge in [0.15, 0.2) is 11.5 Å². The van der Waals surface area contributed by atoms with Crippen LogP contribution in [0.1, 0.15) is 12.8 Å². The van der Waals surface area contributed by atoms with Crippen LogP contribution in [0.15, 0.2) is 24.3 Å². The van der Waals surface area contributed by atoms with Crippen LogP contribution in [-0.2, 0) is 9.53 Å². The van der Waals surface area contributed by atoms with Crippen LogP contribution in [0.2, 0.25) is 0 Å². The largest absolute Gasteiger partial charge is 0.493 e. The van der Waals surface area contributed by atoms with E-state index in [0.717, 1.165) is 12.8 Å². The minimum absolute atomic E-state index is 0. The van der Waals surface area contributed by atoms with Crippen molar-refractivity contribution in [2.24, 2.45) is 5.73 Å². The quantitative estimate of drug-likeness (QED) is 0.810. The molecule has 0 aliphatic carbocycles. The van der Waals surface area contributed by atoms with E-state index in [1.54, 1.807) is 19.1 Å². The summed E-state index contributed by atoms with van der Waals surface area (Å²) in [7, 11) is 3.36. The highest BCUT2D eigenvalue weighted by Gasteiger charge is 2.31. The Balaban J connectivity index is 0.00000264. The Hall–Kier alpha value is -1.50. The molecule has 0 aromatic heterocycles. The Kier molecular flexibility index (Phi) is 8.16. The van der Waals surface area contributed by atoms with Gasteiger partial charge in [0.2, 0.25) is 0 Å². The number of methoxy groups -OCH3 is 1. The summed E-state index contributed by atoms with van der Waals surface area (Å²) >= 11 is 0. The molecule has 23 heavy (non-hydrogen) atoms. The number of rotatable bonds is 7. The number of likely N-dealkylation sites (N-methyl/N-ethyl adjacent to an activating group) is 1. The molecule has 1 aliphatic rings. The summed E-state index contributed by atoms with van der Waals surface area (Å²) < 4.78 is 16.5. The van der Waals surface area contributed by atoms with Crippen molar-refractivity contribution in [2.45, 2.75) is 25.0 Å². The number of ether oxygens (including phenoxy) is 3. The highest BCUT2D eigenvalue weighted by atomic mass is 35.5. The molecule has 2 atom stereocenters. The van der Waals surface area contributed by atoms with Gasteiger partial charge in [0, 0.05) is 13.6 Å². The second kappa shape index (κ2) is 9.60. The summed E-state index contributed by atoms with van der Waals surface area (Å²) in [5, 5.41) is 0. The third-order valence-corrected chi connectivity index (χ3v) is 3.78. The second-order valence-electron chi connectivity index (χ2n) is 5.32. The Morgan fingerprint density at radius 1 is 1.35 bits per heavy atom. The predicted octanol–water partition coefficient (Wildman–Crippen LogP) is 1.46. The fourth-order valence-electron chi connectivity index (χ4n) is 2.45. The molecule has 6 nitrogen and oxygen atoms in total. The van der Waals surface area contributed by atoms with Crippen molar-refractivity contribution >= 4 is 18.3 Å². The number of carbonyl (C=O) groups excluding carboxylic acids is 1. The second-order valence-corrected chi connectivity index (χ2v) is 5.32. The maximum atomic E-state index is 12.3. The van der Waals surface area contributed by atoms with E-state index in [-0.39, 0.29) is 30.5 Å². The fourth-order valence-corrected chi connectivity index (χ4v) is 2.45. The molecule has 0 saturated carbocycles. The first kappa shape index (κ1) is 19.5. The molecule has 2 N–H and O–H groups in total. The monoisotopic (exact) mass is 344 g/mol. The van der Waals surface area contributed by atoms with Gasteiger partial charge in [0.1, 0.15) is 12.7 Å². The molecule has 0 bridgehead atoms. The van der Waals surface area contributed by atoms with Crippen LogP contribution < -0.4 is 15.2 Å². The molecule has 2 rings (SSSR count). The van der Waals surface area contributed by atoms with E-state index in [9.17, 15) is 4.79 Å². The van der Waals surface area contributed by atoms with Crippen LogP contribution in [0.25, 0.3) is 0 Å². The molecule has 1 amide bonds. The number of halogens is 1. The maximum Gasteiger partial charge on any atom is 0.251 e. The van der Waals surface area contributed by atoms with E-state index in [1.165, 1.54) is 0 Å². The van der Waals surface area contributed by atoms with Gasteiger partial charge in [-0.3, -0.25) is 4.79 Å². The zero-order valence-electron chi connectivity index (χ0n) is 13.6. The third-order valence-electron chi connectivity index (χ3n) is 3.78. The highest BCUT2D eigenvalue weighted by molar-refractivity contribution is 5.85. The van der Waals surface area contributed by atoms with E-state index in [1.807, 2.05) is 24.3 Å². The van der Waals surface area contributed by atoms with E-state index in [4.69, 9.17) is 19.9 Å². The van der Waals surface area contributed by atoms with Crippen molar-refractivity contribution in [3.05, 3.63) is 24.3 Å². The molecular weight excluding hydrogens is 320 g/mol. The number of amides is 1. The number of nitrogens with two attached hydrogens (primary N) is 1. The van der Waals surface area contributed by atoms with Gasteiger partial charge in [-0.2, -0.15) is 0 Å². The van der Waals surface area contributed by atoms with E-state index in [0.29, 0.717) is 31.2 Å². The number of benzene rings is 1. The van der Waals surface area contributed by atoms with E-state index in [2.05, 4.69) is 0 Å². The van der Waals surface area contributed by atoms with Crippen molar-refractivity contribution < 1.29 is 19.0 Å². The summed E-state index contributed by atoms with van der Waals surface area (Å²) in [4.78, 5) is 13.9. The minimum Gasteiger partial charge on any atom is -0.493 e. The number of hydrogen-bond donors (Lipinski definition) is 1. The highest BCUT2D eigenvalue weighted by Crippen LogP contribution is 2.25. The lowest BCUT2D eigenvalue weighted by atomic mass is 10.2. The average Bonchev–Trinajstić information content (AvgIpc) is 3.03. The SMILES string of the molecule is COc1ccccc1OCCN(C)C(=O)[C@@H]1CC[C@H](CN)O1.Cl. The smallest absolute Gasteiger partial charge is 0.251 e. The number of hydrogen-bond acceptors (Lipinski definition) is 5. The van der Waals surface area contributed by atoms with Gasteiger partial charge in [-0.1, -0.05) is 12.1 Å². The number of nitrogens with zero attached hydrogens (tertiary/aromatic N) is 1. The van der Waals surface area contributed by atoms with Crippen molar-refractivity contribution in [3.63, 3.8) is 0 Å². The lowest BCUT2D eigenvalue weighted by Gasteiger charge is -2.21. The molecule has 7 heteroatoms. The van der Waals surface area contributed by atoms with Gasteiger partial charge in [-0.15, -0.1) is 12.4 Å². The molecule has 0 radical (unpaired) electrons. The zero-order valence-corrected chi connectivity index (χ0v) is 14.4. The maximum absolute atomic E-state index is 12.3. The van der Waals surface area contributed by atoms with Crippen LogP contribution in [0.5, 0.6) is 11.5 Å². The average molecular weight is 345 g/mol. The van der Waals surface area contributed by atoms with Gasteiger partial charge in [-0.05, 0) is 25.0 Å². The standard InChI is InChI=1S/C16H24N2O4.ClH/c1-18(16(19)15-8-7-12(11-17)22-15)9-10-21-14-6-4-3-5-13(14)20-2;/h3-6,12,15H,7-11,17H2,1-2H3;1H/t12-,15+;/m1./s1. The molecule has 1 saturated heterocycles. The first-order chi connectivity index (χ1) is 10.7. The summed E-state index contributed by atoms with van der Waals surface area (Å²) in [5.41, 5.74) is 5.56. The topological polar surface area (TPSA) is 74.0 Å². The Morgan fingerprint density at radius 3 is 2.65 bits per heavy atom. The van der Waals surface area contributed by atoms with Crippen LogP contribution in [0.4, 0.5) is 0 Å². The molecule has 0 unspecified atom stereocenters. The van der Waals surface area contributed by atoms with Gasteiger partial charge in [0.25, 0.3) is 5.91 Å². The molecule has 0 spiro atoms. The minimum atomic E-state index is -0.371. The summed E-state index contributed by atoms with van der Waals surface area (Å²) in [6.07, 6.45) is 1.22. The van der Waals surface area contributed by atoms with Gasteiger partial charge in [0.05, 0.1) is 19.8 Å². The Bertz CT molecular complexity index is 501. The third kappa shape index (κ3) is 5.27. The molecule has 1 heterocycles. The summed E-state index contributed by atoms with van der Waals surface area (Å²) in [6, 6.07) is 7.44. The first-order valence-electron chi connectivity index (χ1n) is 7.52. The number of para-hydroxylation sites is 2. The summed E-state index contributed by atoms with van der Waals surface area (Å²) in [5.74, 6) is 1.34. The van der Waals surface area contributed by atoms with Gasteiger partial charge < -0.3 is 24.8 Å². The predicted molar refractivity (Wildman–Crippen MR) is 90.3 cm³/mol. The van der Waals surface area contributed by atoms with E-state index >= 15 is 0 Å². The summed E-state index contributed by atoms with van der Waals surface area (Å²) in [6.45, 7) is 1.35. The van der Waals surface area contributed by atoms with Crippen molar-refractivity contribution in [1.29, 1.82) is 0 Å². The fraction of sp³-hybridized carbons (Fsp3) is 0.562. The van der Waals surface area contributed by atoms with Crippen LogP contribution in [0, 0.1) is 0 Å². The lowest BCUT2D eigenvalue weighted by molar-refractivity contribution is -0.141. The van der Waals surface area contributed by atoms with Crippen molar-refractivity contribution in [3.8, 4) is 11.5 Å². The van der Waals surface area contributed by atoms with Gasteiger partial charge >= 0.3 is 0 Å². The van der Waals surface area contributed by atoms with Crippen LogP contribution in [-0.4, -0.2) is 56.9 Å². The normalized spacial score (nSPS) is 19.8. The zero-order chi connectivity index (χ0) is 15.9. The molecule has 1 fully saturated rings. The molecule has 1 aromatic rings. The lowest BCUT2D eigenvalue weighted by Crippen LogP contribution is -2.39. The Morgan fingerprint density at radius 2 is 2.04 bits per heavy atom.